The van der Waals surface area contributed by atoms with Gasteiger partial charge in [-0.1, -0.05) is 35.9 Å². The number of hydrogen-bond donors (Lipinski definition) is 1. The Labute approximate surface area is 158 Å². The molecule has 1 amide bonds. The second kappa shape index (κ2) is 7.79. The fraction of sp³-hybridized carbons (Fsp3) is 0.0556. The van der Waals surface area contributed by atoms with Gasteiger partial charge in [-0.05, 0) is 18.2 Å². The number of carbonyl (C=O) groups is 1. The van der Waals surface area contributed by atoms with E-state index in [2.05, 4.69) is 10.3 Å². The molecule has 0 saturated heterocycles. The molecule has 0 radical (unpaired) electrons. The predicted molar refractivity (Wildman–Crippen MR) is 101 cm³/mol. The highest BCUT2D eigenvalue weighted by Crippen LogP contribution is 2.23. The first kappa shape index (κ1) is 18.3. The minimum absolute atomic E-state index is 0.0614. The molecule has 1 heterocycles. The van der Waals surface area contributed by atoms with Crippen LogP contribution in [0, 0.1) is 10.1 Å². The number of rotatable bonds is 5. The van der Waals surface area contributed by atoms with Crippen molar-refractivity contribution in [2.24, 2.45) is 0 Å². The van der Waals surface area contributed by atoms with Gasteiger partial charge in [0.25, 0.3) is 11.2 Å². The number of amides is 1. The molecule has 0 saturated carbocycles. The molecule has 3 aromatic rings. The van der Waals surface area contributed by atoms with Crippen LogP contribution in [0.4, 0.5) is 11.4 Å². The molecule has 0 atom stereocenters. The molecular weight excluding hydrogens is 372 g/mol. The summed E-state index contributed by atoms with van der Waals surface area (Å²) in [5, 5.41) is 14.0. The Morgan fingerprint density at radius 3 is 2.56 bits per heavy atom. The van der Waals surface area contributed by atoms with Gasteiger partial charge in [0.05, 0.1) is 16.9 Å². The molecule has 0 spiro atoms. The van der Waals surface area contributed by atoms with Gasteiger partial charge in [0, 0.05) is 22.7 Å². The van der Waals surface area contributed by atoms with E-state index in [4.69, 9.17) is 11.6 Å². The van der Waals surface area contributed by atoms with Gasteiger partial charge in [0.15, 0.2) is 0 Å². The van der Waals surface area contributed by atoms with Crippen molar-refractivity contribution in [2.75, 3.05) is 5.32 Å². The first-order valence-electron chi connectivity index (χ1n) is 7.80. The molecule has 136 valence electrons. The van der Waals surface area contributed by atoms with Gasteiger partial charge >= 0.3 is 0 Å². The topological polar surface area (TPSA) is 107 Å². The van der Waals surface area contributed by atoms with E-state index >= 15 is 0 Å². The Hall–Kier alpha value is -3.52. The fourth-order valence-corrected chi connectivity index (χ4v) is 2.53. The highest BCUT2D eigenvalue weighted by Gasteiger charge is 2.15. The largest absolute Gasteiger partial charge is 0.319 e. The smallest absolute Gasteiger partial charge is 0.292 e. The minimum Gasteiger partial charge on any atom is -0.319 e. The number of para-hydroxylation sites is 2. The Morgan fingerprint density at radius 1 is 1.19 bits per heavy atom. The first-order valence-corrected chi connectivity index (χ1v) is 8.17. The third-order valence-electron chi connectivity index (χ3n) is 3.71. The fourth-order valence-electron chi connectivity index (χ4n) is 2.41. The number of benzene rings is 2. The maximum Gasteiger partial charge on any atom is 0.292 e. The number of anilines is 1. The van der Waals surface area contributed by atoms with Gasteiger partial charge < -0.3 is 5.32 Å². The molecule has 8 nitrogen and oxygen atoms in total. The molecular formula is C18H13ClN4O4. The Balaban J connectivity index is 1.76. The standard InChI is InChI=1S/C18H13ClN4O4/c19-13-7-5-12(6-8-13)15-9-18(25)22(11-20-15)10-17(24)21-14-3-1-2-4-16(14)23(26)27/h1-9,11H,10H2,(H,21,24). The molecule has 3 rings (SSSR count). The van der Waals surface area contributed by atoms with Crippen LogP contribution < -0.4 is 10.9 Å². The third kappa shape index (κ3) is 4.36. The molecule has 0 aliphatic rings. The summed E-state index contributed by atoms with van der Waals surface area (Å²) in [4.78, 5) is 39.0. The maximum atomic E-state index is 12.3. The summed E-state index contributed by atoms with van der Waals surface area (Å²) >= 11 is 5.84. The Morgan fingerprint density at radius 2 is 1.89 bits per heavy atom. The number of hydrogen-bond acceptors (Lipinski definition) is 5. The van der Waals surface area contributed by atoms with Crippen molar-refractivity contribution in [1.82, 2.24) is 9.55 Å². The number of nitro groups is 1. The summed E-state index contributed by atoms with van der Waals surface area (Å²) in [5.74, 6) is -0.576. The number of nitrogens with one attached hydrogen (secondary N) is 1. The predicted octanol–water partition coefficient (Wildman–Crippen LogP) is 3.11. The zero-order valence-electron chi connectivity index (χ0n) is 13.8. The summed E-state index contributed by atoms with van der Waals surface area (Å²) < 4.78 is 1.11. The van der Waals surface area contributed by atoms with Gasteiger partial charge in [-0.15, -0.1) is 0 Å². The first-order chi connectivity index (χ1) is 12.9. The quantitative estimate of drug-likeness (QED) is 0.537. The highest BCUT2D eigenvalue weighted by molar-refractivity contribution is 6.30. The van der Waals surface area contributed by atoms with Crippen molar-refractivity contribution in [1.29, 1.82) is 0 Å². The van der Waals surface area contributed by atoms with Crippen LogP contribution in [0.5, 0.6) is 0 Å². The van der Waals surface area contributed by atoms with E-state index in [1.807, 2.05) is 0 Å². The van der Waals surface area contributed by atoms with E-state index in [1.165, 1.54) is 30.6 Å². The second-order valence-electron chi connectivity index (χ2n) is 5.57. The lowest BCUT2D eigenvalue weighted by Crippen LogP contribution is -2.27. The van der Waals surface area contributed by atoms with Crippen molar-refractivity contribution in [3.63, 3.8) is 0 Å². The third-order valence-corrected chi connectivity index (χ3v) is 3.96. The zero-order valence-corrected chi connectivity index (χ0v) is 14.6. The van der Waals surface area contributed by atoms with Gasteiger partial charge in [0.2, 0.25) is 5.91 Å². The van der Waals surface area contributed by atoms with Gasteiger partial charge in [-0.2, -0.15) is 0 Å². The lowest BCUT2D eigenvalue weighted by atomic mass is 10.1. The number of nitrogens with zero attached hydrogens (tertiary/aromatic N) is 3. The van der Waals surface area contributed by atoms with Crippen LogP contribution in [0.15, 0.2) is 65.7 Å². The molecule has 0 fully saturated rings. The van der Waals surface area contributed by atoms with Crippen LogP contribution in [0.3, 0.4) is 0 Å². The van der Waals surface area contributed by atoms with Gasteiger partial charge in [-0.25, -0.2) is 4.98 Å². The summed E-state index contributed by atoms with van der Waals surface area (Å²) in [6.45, 7) is -0.321. The molecule has 0 aliphatic heterocycles. The van der Waals surface area contributed by atoms with E-state index < -0.39 is 16.4 Å². The van der Waals surface area contributed by atoms with Crippen LogP contribution in [0.1, 0.15) is 0 Å². The summed E-state index contributed by atoms with van der Waals surface area (Å²) in [7, 11) is 0. The maximum absolute atomic E-state index is 12.3. The molecule has 0 bridgehead atoms. The average Bonchev–Trinajstić information content (AvgIpc) is 2.64. The van der Waals surface area contributed by atoms with Crippen LogP contribution >= 0.6 is 11.6 Å². The normalized spacial score (nSPS) is 10.4. The van der Waals surface area contributed by atoms with E-state index in [1.54, 1.807) is 30.3 Å². The van der Waals surface area contributed by atoms with E-state index in [-0.39, 0.29) is 17.9 Å². The molecule has 0 aliphatic carbocycles. The van der Waals surface area contributed by atoms with E-state index in [0.29, 0.717) is 16.3 Å². The number of halogens is 1. The molecule has 1 aromatic heterocycles. The molecule has 27 heavy (non-hydrogen) atoms. The highest BCUT2D eigenvalue weighted by atomic mass is 35.5. The van der Waals surface area contributed by atoms with Crippen LogP contribution in [-0.2, 0) is 11.3 Å². The Bertz CT molecular complexity index is 1060. The van der Waals surface area contributed by atoms with Crippen LogP contribution in [0.25, 0.3) is 11.3 Å². The van der Waals surface area contributed by atoms with Crippen LogP contribution in [0.2, 0.25) is 5.02 Å². The van der Waals surface area contributed by atoms with Crippen molar-refractivity contribution < 1.29 is 9.72 Å². The number of nitro benzene ring substituents is 1. The van der Waals surface area contributed by atoms with Crippen molar-refractivity contribution >= 4 is 28.9 Å². The second-order valence-corrected chi connectivity index (χ2v) is 6.01. The monoisotopic (exact) mass is 384 g/mol. The van der Waals surface area contributed by atoms with E-state index in [0.717, 1.165) is 4.57 Å². The average molecular weight is 385 g/mol. The van der Waals surface area contributed by atoms with Crippen molar-refractivity contribution in [3.05, 3.63) is 86.4 Å². The lowest BCUT2D eigenvalue weighted by molar-refractivity contribution is -0.383. The molecule has 0 unspecified atom stereocenters. The lowest BCUT2D eigenvalue weighted by Gasteiger charge is -2.08. The summed E-state index contributed by atoms with van der Waals surface area (Å²) in [5.41, 5.74) is 0.577. The summed E-state index contributed by atoms with van der Waals surface area (Å²) in [6.07, 6.45) is 1.26. The molecule has 1 N–H and O–H groups in total. The number of carbonyl (C=O) groups excluding carboxylic acids is 1. The SMILES string of the molecule is O=C(Cn1cnc(-c2ccc(Cl)cc2)cc1=O)Nc1ccccc1[N+](=O)[O-]. The van der Waals surface area contributed by atoms with Gasteiger partial charge in [-0.3, -0.25) is 24.3 Å². The number of aromatic nitrogens is 2. The van der Waals surface area contributed by atoms with Crippen molar-refractivity contribution in [2.45, 2.75) is 6.54 Å². The van der Waals surface area contributed by atoms with Gasteiger partial charge in [0.1, 0.15) is 12.2 Å². The minimum atomic E-state index is -0.593. The van der Waals surface area contributed by atoms with E-state index in [9.17, 15) is 19.7 Å². The molecule has 2 aromatic carbocycles. The zero-order chi connectivity index (χ0) is 19.4. The van der Waals surface area contributed by atoms with Crippen LogP contribution in [-0.4, -0.2) is 20.4 Å². The Kier molecular flexibility index (Phi) is 5.28. The van der Waals surface area contributed by atoms with Crippen molar-refractivity contribution in [3.8, 4) is 11.3 Å². The summed E-state index contributed by atoms with van der Waals surface area (Å²) in [6, 6.07) is 13.9. The molecule has 9 heteroatoms.